The summed E-state index contributed by atoms with van der Waals surface area (Å²) in [6.07, 6.45) is 8.39. The molecule has 1 heterocycles. The SMILES string of the molecule is CCCC1SCC(C(=O)O)N1C(=O)CC1CCCCC1. The second-order valence-corrected chi connectivity index (χ2v) is 7.15. The van der Waals surface area contributed by atoms with Gasteiger partial charge in [0.1, 0.15) is 6.04 Å². The molecule has 0 bridgehead atoms. The Bertz CT molecular complexity index is 355. The summed E-state index contributed by atoms with van der Waals surface area (Å²) in [6.45, 7) is 2.08. The Morgan fingerprint density at radius 1 is 1.25 bits per heavy atom. The highest BCUT2D eigenvalue weighted by Crippen LogP contribution is 2.35. The molecule has 0 aromatic rings. The van der Waals surface area contributed by atoms with Gasteiger partial charge in [0.05, 0.1) is 5.37 Å². The molecule has 1 saturated heterocycles. The number of carbonyl (C=O) groups is 2. The van der Waals surface area contributed by atoms with Gasteiger partial charge < -0.3 is 10.0 Å². The van der Waals surface area contributed by atoms with Crippen LogP contribution in [0, 0.1) is 5.92 Å². The number of hydrogen-bond acceptors (Lipinski definition) is 3. The fourth-order valence-electron chi connectivity index (χ4n) is 3.30. The van der Waals surface area contributed by atoms with E-state index in [1.165, 1.54) is 19.3 Å². The van der Waals surface area contributed by atoms with Crippen molar-refractivity contribution in [2.24, 2.45) is 5.92 Å². The third-order valence-electron chi connectivity index (χ3n) is 4.39. The van der Waals surface area contributed by atoms with Gasteiger partial charge >= 0.3 is 5.97 Å². The maximum Gasteiger partial charge on any atom is 0.327 e. The van der Waals surface area contributed by atoms with Gasteiger partial charge in [-0.05, 0) is 25.2 Å². The highest BCUT2D eigenvalue weighted by Gasteiger charge is 2.41. The Balaban J connectivity index is 2.00. The third-order valence-corrected chi connectivity index (χ3v) is 5.75. The van der Waals surface area contributed by atoms with Crippen LogP contribution >= 0.6 is 11.8 Å². The molecule has 0 radical (unpaired) electrons. The molecular formula is C15H25NO3S. The standard InChI is InChI=1S/C15H25NO3S/c1-2-6-14-16(12(10-20-14)15(18)19)13(17)9-11-7-4-3-5-8-11/h11-12,14H,2-10H2,1H3,(H,18,19). The van der Waals surface area contributed by atoms with Crippen LogP contribution < -0.4 is 0 Å². The van der Waals surface area contributed by atoms with Crippen LogP contribution in [0.2, 0.25) is 0 Å². The summed E-state index contributed by atoms with van der Waals surface area (Å²) < 4.78 is 0. The van der Waals surface area contributed by atoms with Crippen molar-refractivity contribution in [3.63, 3.8) is 0 Å². The van der Waals surface area contributed by atoms with Crippen molar-refractivity contribution in [3.05, 3.63) is 0 Å². The van der Waals surface area contributed by atoms with Gasteiger partial charge in [-0.1, -0.05) is 32.6 Å². The Labute approximate surface area is 125 Å². The van der Waals surface area contributed by atoms with Crippen LogP contribution in [0.15, 0.2) is 0 Å². The van der Waals surface area contributed by atoms with E-state index in [1.807, 2.05) is 0 Å². The lowest BCUT2D eigenvalue weighted by molar-refractivity contribution is -0.149. The minimum Gasteiger partial charge on any atom is -0.480 e. The predicted octanol–water partition coefficient (Wildman–Crippen LogP) is 3.11. The minimum atomic E-state index is -0.854. The number of thioether (sulfide) groups is 1. The summed E-state index contributed by atoms with van der Waals surface area (Å²) in [5.41, 5.74) is 0. The van der Waals surface area contributed by atoms with Crippen LogP contribution in [0.25, 0.3) is 0 Å². The molecule has 2 atom stereocenters. The van der Waals surface area contributed by atoms with E-state index in [0.717, 1.165) is 25.7 Å². The number of rotatable bonds is 5. The summed E-state index contributed by atoms with van der Waals surface area (Å²) in [4.78, 5) is 25.6. The summed E-state index contributed by atoms with van der Waals surface area (Å²) in [5.74, 6) is 0.218. The van der Waals surface area contributed by atoms with Crippen molar-refractivity contribution in [2.75, 3.05) is 5.75 Å². The monoisotopic (exact) mass is 299 g/mol. The number of carboxylic acid groups (broad SMARTS) is 1. The summed E-state index contributed by atoms with van der Waals surface area (Å²) in [7, 11) is 0. The Hall–Kier alpha value is -0.710. The molecule has 114 valence electrons. The van der Waals surface area contributed by atoms with E-state index >= 15 is 0 Å². The van der Waals surface area contributed by atoms with Gasteiger partial charge in [-0.3, -0.25) is 4.79 Å². The fraction of sp³-hybridized carbons (Fsp3) is 0.867. The van der Waals surface area contributed by atoms with Gasteiger partial charge in [-0.2, -0.15) is 0 Å². The topological polar surface area (TPSA) is 57.6 Å². The van der Waals surface area contributed by atoms with E-state index < -0.39 is 12.0 Å². The lowest BCUT2D eigenvalue weighted by Crippen LogP contribution is -2.46. The van der Waals surface area contributed by atoms with E-state index in [1.54, 1.807) is 16.7 Å². The van der Waals surface area contributed by atoms with E-state index in [-0.39, 0.29) is 11.3 Å². The first-order valence-corrected chi connectivity index (χ1v) is 8.84. The van der Waals surface area contributed by atoms with E-state index in [4.69, 9.17) is 0 Å². The molecule has 0 aromatic heterocycles. The van der Waals surface area contributed by atoms with Crippen molar-refractivity contribution in [1.29, 1.82) is 0 Å². The quantitative estimate of drug-likeness (QED) is 0.847. The normalized spacial score (nSPS) is 27.8. The van der Waals surface area contributed by atoms with Crippen molar-refractivity contribution in [2.45, 2.75) is 69.7 Å². The van der Waals surface area contributed by atoms with E-state index in [0.29, 0.717) is 18.1 Å². The molecule has 1 aliphatic carbocycles. The van der Waals surface area contributed by atoms with Crippen molar-refractivity contribution in [3.8, 4) is 0 Å². The van der Waals surface area contributed by atoms with Gasteiger partial charge in [0.2, 0.25) is 5.91 Å². The number of amides is 1. The summed E-state index contributed by atoms with van der Waals surface area (Å²) in [5, 5.41) is 9.38. The molecule has 0 aromatic carbocycles. The second-order valence-electron chi connectivity index (χ2n) is 5.94. The molecule has 2 fully saturated rings. The zero-order valence-electron chi connectivity index (χ0n) is 12.2. The van der Waals surface area contributed by atoms with Crippen LogP contribution in [0.4, 0.5) is 0 Å². The Morgan fingerprint density at radius 2 is 1.95 bits per heavy atom. The van der Waals surface area contributed by atoms with E-state index in [9.17, 15) is 14.7 Å². The maximum absolute atomic E-state index is 12.6. The molecule has 2 rings (SSSR count). The third kappa shape index (κ3) is 3.68. The van der Waals surface area contributed by atoms with Gasteiger partial charge in [-0.25, -0.2) is 4.79 Å². The van der Waals surface area contributed by atoms with Gasteiger partial charge in [0.25, 0.3) is 0 Å². The number of carbonyl (C=O) groups excluding carboxylic acids is 1. The fourth-order valence-corrected chi connectivity index (χ4v) is 4.84. The zero-order valence-corrected chi connectivity index (χ0v) is 13.0. The molecule has 5 heteroatoms. The van der Waals surface area contributed by atoms with Crippen molar-refractivity contribution < 1.29 is 14.7 Å². The zero-order chi connectivity index (χ0) is 14.5. The molecule has 4 nitrogen and oxygen atoms in total. The predicted molar refractivity (Wildman–Crippen MR) is 80.6 cm³/mol. The van der Waals surface area contributed by atoms with Gasteiger partial charge in [0, 0.05) is 12.2 Å². The minimum absolute atomic E-state index is 0.0627. The van der Waals surface area contributed by atoms with Crippen LogP contribution in [-0.2, 0) is 9.59 Å². The van der Waals surface area contributed by atoms with Crippen LogP contribution in [-0.4, -0.2) is 39.1 Å². The molecule has 2 unspecified atom stereocenters. The Kier molecular flexibility index (Phi) is 5.75. The first kappa shape index (κ1) is 15.7. The molecular weight excluding hydrogens is 274 g/mol. The largest absolute Gasteiger partial charge is 0.480 e. The first-order chi connectivity index (χ1) is 9.63. The average molecular weight is 299 g/mol. The molecule has 0 spiro atoms. The van der Waals surface area contributed by atoms with Gasteiger partial charge in [-0.15, -0.1) is 11.8 Å². The van der Waals surface area contributed by atoms with Crippen LogP contribution in [0.5, 0.6) is 0 Å². The number of hydrogen-bond donors (Lipinski definition) is 1. The molecule has 1 aliphatic heterocycles. The van der Waals surface area contributed by atoms with Crippen LogP contribution in [0.1, 0.15) is 58.3 Å². The molecule has 2 aliphatic rings. The summed E-state index contributed by atoms with van der Waals surface area (Å²) >= 11 is 1.63. The molecule has 1 N–H and O–H groups in total. The maximum atomic E-state index is 12.6. The molecule has 1 amide bonds. The lowest BCUT2D eigenvalue weighted by atomic mass is 9.86. The van der Waals surface area contributed by atoms with Crippen molar-refractivity contribution in [1.82, 2.24) is 4.90 Å². The highest BCUT2D eigenvalue weighted by molar-refractivity contribution is 8.00. The second kappa shape index (κ2) is 7.34. The summed E-state index contributed by atoms with van der Waals surface area (Å²) in [6, 6.07) is -0.618. The number of carboxylic acids is 1. The Morgan fingerprint density at radius 3 is 2.55 bits per heavy atom. The number of nitrogens with zero attached hydrogens (tertiary/aromatic N) is 1. The number of aliphatic carboxylic acids is 1. The first-order valence-electron chi connectivity index (χ1n) is 7.79. The van der Waals surface area contributed by atoms with Crippen LogP contribution in [0.3, 0.4) is 0 Å². The van der Waals surface area contributed by atoms with Gasteiger partial charge in [0.15, 0.2) is 0 Å². The highest BCUT2D eigenvalue weighted by atomic mass is 32.2. The lowest BCUT2D eigenvalue weighted by Gasteiger charge is -2.30. The smallest absolute Gasteiger partial charge is 0.327 e. The molecule has 20 heavy (non-hydrogen) atoms. The molecule has 1 saturated carbocycles. The van der Waals surface area contributed by atoms with Crippen molar-refractivity contribution >= 4 is 23.6 Å². The average Bonchev–Trinajstić information content (AvgIpc) is 2.84. The van der Waals surface area contributed by atoms with E-state index in [2.05, 4.69) is 6.92 Å².